The number of halogens is 1. The summed E-state index contributed by atoms with van der Waals surface area (Å²) in [4.78, 5) is 31.4. The Balaban J connectivity index is 1.34. The first-order valence-corrected chi connectivity index (χ1v) is 11.3. The molecule has 0 bridgehead atoms. The van der Waals surface area contributed by atoms with Gasteiger partial charge in [0.25, 0.3) is 5.91 Å². The van der Waals surface area contributed by atoms with E-state index < -0.39 is 0 Å². The van der Waals surface area contributed by atoms with Crippen molar-refractivity contribution < 1.29 is 18.4 Å². The molecule has 1 aliphatic heterocycles. The Hall–Kier alpha value is -3.48. The fourth-order valence-corrected chi connectivity index (χ4v) is 4.15. The maximum atomic E-state index is 13.9. The van der Waals surface area contributed by atoms with Crippen LogP contribution in [0.3, 0.4) is 0 Å². The second-order valence-corrected chi connectivity index (χ2v) is 8.52. The summed E-state index contributed by atoms with van der Waals surface area (Å²) in [5.41, 5.74) is 2.48. The lowest BCUT2D eigenvalue weighted by Crippen LogP contribution is -2.42. The smallest absolute Gasteiger partial charge is 0.254 e. The molecule has 4 rings (SSSR count). The summed E-state index contributed by atoms with van der Waals surface area (Å²) in [6.07, 6.45) is 5.16. The van der Waals surface area contributed by atoms with Crippen molar-refractivity contribution in [3.63, 3.8) is 0 Å². The average molecular weight is 450 g/mol. The number of likely N-dealkylation sites (tertiary alicyclic amines) is 1. The van der Waals surface area contributed by atoms with Gasteiger partial charge in [-0.3, -0.25) is 9.59 Å². The van der Waals surface area contributed by atoms with Crippen LogP contribution in [0.5, 0.6) is 0 Å². The fourth-order valence-electron chi connectivity index (χ4n) is 4.15. The van der Waals surface area contributed by atoms with Gasteiger partial charge in [0.1, 0.15) is 5.82 Å². The van der Waals surface area contributed by atoms with Crippen LogP contribution in [0.15, 0.2) is 53.1 Å². The average Bonchev–Trinajstić information content (AvgIpc) is 3.28. The lowest BCUT2D eigenvalue weighted by Gasteiger charge is -2.33. The van der Waals surface area contributed by atoms with Crippen LogP contribution in [0.2, 0.25) is 0 Å². The number of hydrogen-bond acceptors (Lipinski definition) is 4. The summed E-state index contributed by atoms with van der Waals surface area (Å²) < 4.78 is 19.5. The van der Waals surface area contributed by atoms with E-state index in [1.807, 2.05) is 17.9 Å². The summed E-state index contributed by atoms with van der Waals surface area (Å²) in [7, 11) is 0. The van der Waals surface area contributed by atoms with Gasteiger partial charge in [-0.05, 0) is 69.0 Å². The number of amides is 2. The van der Waals surface area contributed by atoms with Crippen molar-refractivity contribution in [2.24, 2.45) is 0 Å². The van der Waals surface area contributed by atoms with Gasteiger partial charge in [-0.25, -0.2) is 9.37 Å². The number of piperidine rings is 1. The molecule has 1 unspecified atom stereocenters. The van der Waals surface area contributed by atoms with Gasteiger partial charge in [-0.1, -0.05) is 12.1 Å². The first kappa shape index (κ1) is 22.7. The molecule has 1 atom stereocenters. The van der Waals surface area contributed by atoms with Gasteiger partial charge in [-0.15, -0.1) is 0 Å². The molecule has 2 heterocycles. The van der Waals surface area contributed by atoms with Crippen molar-refractivity contribution in [3.05, 3.63) is 71.5 Å². The number of oxazole rings is 1. The van der Waals surface area contributed by atoms with Gasteiger partial charge in [0, 0.05) is 36.7 Å². The second kappa shape index (κ2) is 9.98. The predicted octanol–water partition coefficient (Wildman–Crippen LogP) is 5.38. The molecule has 0 aliphatic carbocycles. The van der Waals surface area contributed by atoms with E-state index in [0.29, 0.717) is 34.9 Å². The minimum absolute atomic E-state index is 0.0396. The van der Waals surface area contributed by atoms with Crippen molar-refractivity contribution >= 4 is 17.5 Å². The number of benzene rings is 2. The van der Waals surface area contributed by atoms with Gasteiger partial charge >= 0.3 is 0 Å². The summed E-state index contributed by atoms with van der Waals surface area (Å²) in [6.45, 7) is 4.75. The highest BCUT2D eigenvalue weighted by atomic mass is 19.1. The molecule has 2 aromatic carbocycles. The van der Waals surface area contributed by atoms with Gasteiger partial charge in [0.15, 0.2) is 11.7 Å². The Kier molecular flexibility index (Phi) is 6.87. The van der Waals surface area contributed by atoms with Crippen molar-refractivity contribution in [2.45, 2.75) is 52.0 Å². The second-order valence-electron chi connectivity index (χ2n) is 8.52. The Morgan fingerprint density at radius 3 is 2.79 bits per heavy atom. The summed E-state index contributed by atoms with van der Waals surface area (Å²) >= 11 is 0. The topological polar surface area (TPSA) is 75.4 Å². The van der Waals surface area contributed by atoms with E-state index in [-0.39, 0.29) is 30.1 Å². The van der Waals surface area contributed by atoms with E-state index in [2.05, 4.69) is 17.2 Å². The molecule has 3 aromatic rings. The summed E-state index contributed by atoms with van der Waals surface area (Å²) in [5, 5.41) is 2.89. The maximum Gasteiger partial charge on any atom is 0.254 e. The molecule has 1 aromatic heterocycles. The van der Waals surface area contributed by atoms with Crippen molar-refractivity contribution in [2.75, 3.05) is 11.9 Å². The number of aryl methyl sites for hydroxylation is 2. The Bertz CT molecular complexity index is 1160. The van der Waals surface area contributed by atoms with Gasteiger partial charge in [-0.2, -0.15) is 0 Å². The quantitative estimate of drug-likeness (QED) is 0.549. The molecular weight excluding hydrogens is 421 g/mol. The first-order valence-electron chi connectivity index (χ1n) is 11.3. The number of hydrogen-bond donors (Lipinski definition) is 1. The zero-order chi connectivity index (χ0) is 23.4. The van der Waals surface area contributed by atoms with Crippen LogP contribution in [0, 0.1) is 12.7 Å². The zero-order valence-electron chi connectivity index (χ0n) is 18.9. The molecular formula is C26H28FN3O3. The molecule has 0 saturated carbocycles. The molecule has 1 aliphatic rings. The molecule has 0 radical (unpaired) electrons. The van der Waals surface area contributed by atoms with Gasteiger partial charge < -0.3 is 14.6 Å². The first-order chi connectivity index (χ1) is 15.9. The number of carbonyl (C=O) groups excluding carboxylic acids is 2. The standard InChI is InChI=1S/C26H28FN3O3/c1-17-15-19(26(32)30-14-6-5-7-18(30)2)10-11-22(17)29-24(31)12-13-25-28-16-23(33-25)20-8-3-4-9-21(20)27/h3-4,8-11,15-16,18H,5-7,12-14H2,1-2H3,(H,29,31). The van der Waals surface area contributed by atoms with Crippen LogP contribution in [0.25, 0.3) is 11.3 Å². The minimum Gasteiger partial charge on any atom is -0.441 e. The fraction of sp³-hybridized carbons (Fsp3) is 0.346. The van der Waals surface area contributed by atoms with Crippen LogP contribution in [-0.4, -0.2) is 34.3 Å². The number of rotatable bonds is 6. The highest BCUT2D eigenvalue weighted by Crippen LogP contribution is 2.25. The molecule has 2 amide bonds. The molecule has 0 spiro atoms. The van der Waals surface area contributed by atoms with Crippen LogP contribution in [0.1, 0.15) is 54.4 Å². The monoisotopic (exact) mass is 449 g/mol. The number of nitrogens with one attached hydrogen (secondary N) is 1. The minimum atomic E-state index is -0.384. The van der Waals surface area contributed by atoms with Gasteiger partial charge in [0.2, 0.25) is 5.91 Å². The molecule has 6 nitrogen and oxygen atoms in total. The summed E-state index contributed by atoms with van der Waals surface area (Å²) in [5.74, 6) is 0.176. The Morgan fingerprint density at radius 2 is 2.03 bits per heavy atom. The maximum absolute atomic E-state index is 13.9. The van der Waals surface area contributed by atoms with Crippen LogP contribution in [0.4, 0.5) is 10.1 Å². The molecule has 1 saturated heterocycles. The van der Waals surface area contributed by atoms with Crippen molar-refractivity contribution in [3.8, 4) is 11.3 Å². The van der Waals surface area contributed by atoms with Crippen LogP contribution >= 0.6 is 0 Å². The van der Waals surface area contributed by atoms with E-state index >= 15 is 0 Å². The van der Waals surface area contributed by atoms with Crippen LogP contribution < -0.4 is 5.32 Å². The van der Waals surface area contributed by atoms with E-state index in [1.165, 1.54) is 12.3 Å². The number of aromatic nitrogens is 1. The third-order valence-electron chi connectivity index (χ3n) is 6.07. The Labute approximate surface area is 192 Å². The Morgan fingerprint density at radius 1 is 1.21 bits per heavy atom. The number of nitrogens with zero attached hydrogens (tertiary/aromatic N) is 2. The van der Waals surface area contributed by atoms with Crippen LogP contribution in [-0.2, 0) is 11.2 Å². The SMILES string of the molecule is Cc1cc(C(=O)N2CCCCC2C)ccc1NC(=O)CCc1ncc(-c2ccccc2F)o1. The normalized spacial score (nSPS) is 16.0. The number of anilines is 1. The van der Waals surface area contributed by atoms with E-state index in [0.717, 1.165) is 31.4 Å². The third-order valence-corrected chi connectivity index (χ3v) is 6.07. The highest BCUT2D eigenvalue weighted by molar-refractivity contribution is 5.96. The molecule has 1 N–H and O–H groups in total. The summed E-state index contributed by atoms with van der Waals surface area (Å²) in [6, 6.07) is 11.9. The van der Waals surface area contributed by atoms with Gasteiger partial charge in [0.05, 0.1) is 11.8 Å². The van der Waals surface area contributed by atoms with Crippen molar-refractivity contribution in [1.82, 2.24) is 9.88 Å². The lowest BCUT2D eigenvalue weighted by molar-refractivity contribution is -0.116. The molecule has 7 heteroatoms. The third kappa shape index (κ3) is 5.30. The predicted molar refractivity (Wildman–Crippen MR) is 124 cm³/mol. The van der Waals surface area contributed by atoms with E-state index in [9.17, 15) is 14.0 Å². The highest BCUT2D eigenvalue weighted by Gasteiger charge is 2.24. The van der Waals surface area contributed by atoms with E-state index in [1.54, 1.807) is 30.3 Å². The number of carbonyl (C=O) groups is 2. The zero-order valence-corrected chi connectivity index (χ0v) is 18.9. The largest absolute Gasteiger partial charge is 0.441 e. The molecule has 1 fully saturated rings. The molecule has 33 heavy (non-hydrogen) atoms. The lowest BCUT2D eigenvalue weighted by atomic mass is 10.0. The van der Waals surface area contributed by atoms with E-state index in [4.69, 9.17) is 4.42 Å². The van der Waals surface area contributed by atoms with Crippen molar-refractivity contribution in [1.29, 1.82) is 0 Å². The molecule has 172 valence electrons.